The lowest BCUT2D eigenvalue weighted by atomic mass is 9.95. The maximum atomic E-state index is 13.2. The number of halogens is 2. The number of nitrogens with zero attached hydrogens (tertiary/aromatic N) is 1. The van der Waals surface area contributed by atoms with Crippen LogP contribution in [0.3, 0.4) is 0 Å². The van der Waals surface area contributed by atoms with Gasteiger partial charge in [-0.3, -0.25) is 9.59 Å². The minimum atomic E-state index is -0.672. The molecule has 0 radical (unpaired) electrons. The van der Waals surface area contributed by atoms with E-state index in [1.165, 1.54) is 11.3 Å². The Balaban J connectivity index is 1.74. The van der Waals surface area contributed by atoms with Gasteiger partial charge < -0.3 is 15.0 Å². The van der Waals surface area contributed by atoms with E-state index >= 15 is 0 Å². The summed E-state index contributed by atoms with van der Waals surface area (Å²) in [7, 11) is 0. The molecule has 0 aromatic heterocycles. The molecule has 7 heteroatoms. The van der Waals surface area contributed by atoms with Crippen molar-refractivity contribution < 1.29 is 14.3 Å². The molecule has 0 bridgehead atoms. The average Bonchev–Trinajstić information content (AvgIpc) is 2.79. The van der Waals surface area contributed by atoms with Gasteiger partial charge in [-0.15, -0.1) is 0 Å². The summed E-state index contributed by atoms with van der Waals surface area (Å²) in [5.74, 6) is 0.173. The number of hydrogen-bond acceptors (Lipinski definition) is 3. The zero-order valence-electron chi connectivity index (χ0n) is 19.5. The number of nitrogens with one attached hydrogen (secondary N) is 1. The Hall–Kier alpha value is -2.24. The zero-order chi connectivity index (χ0) is 24.0. The molecule has 2 aromatic carbocycles. The van der Waals surface area contributed by atoms with E-state index in [1.54, 1.807) is 25.1 Å². The number of amides is 2. The highest BCUT2D eigenvalue weighted by molar-refractivity contribution is 6.35. The van der Waals surface area contributed by atoms with Crippen LogP contribution < -0.4 is 10.1 Å². The van der Waals surface area contributed by atoms with Gasteiger partial charge in [-0.2, -0.15) is 0 Å². The fourth-order valence-corrected chi connectivity index (χ4v) is 4.48. The molecule has 1 saturated carbocycles. The highest BCUT2D eigenvalue weighted by atomic mass is 35.5. The lowest BCUT2D eigenvalue weighted by Gasteiger charge is -2.31. The molecule has 5 nitrogen and oxygen atoms in total. The van der Waals surface area contributed by atoms with Crippen molar-refractivity contribution in [2.24, 2.45) is 0 Å². The van der Waals surface area contributed by atoms with Crippen LogP contribution in [-0.2, 0) is 16.1 Å². The van der Waals surface area contributed by atoms with Gasteiger partial charge in [0, 0.05) is 22.6 Å². The number of carbonyl (C=O) groups excluding carboxylic acids is 2. The van der Waals surface area contributed by atoms with Crippen molar-refractivity contribution in [2.75, 3.05) is 6.61 Å². The molecule has 1 fully saturated rings. The lowest BCUT2D eigenvalue weighted by molar-refractivity contribution is -0.142. The number of hydrogen-bond donors (Lipinski definition) is 1. The van der Waals surface area contributed by atoms with Crippen molar-refractivity contribution in [3.63, 3.8) is 0 Å². The number of rotatable bonds is 8. The second-order valence-electron chi connectivity index (χ2n) is 8.81. The van der Waals surface area contributed by atoms with Gasteiger partial charge in [0.2, 0.25) is 5.91 Å². The van der Waals surface area contributed by atoms with Crippen molar-refractivity contribution in [3.8, 4) is 5.75 Å². The maximum absolute atomic E-state index is 13.2. The summed E-state index contributed by atoms with van der Waals surface area (Å²) in [5.41, 5.74) is 2.96. The largest absolute Gasteiger partial charge is 0.484 e. The minimum Gasteiger partial charge on any atom is -0.484 e. The number of benzene rings is 2. The fraction of sp³-hybridized carbons (Fsp3) is 0.462. The van der Waals surface area contributed by atoms with Gasteiger partial charge in [-0.1, -0.05) is 54.6 Å². The van der Waals surface area contributed by atoms with E-state index < -0.39 is 6.04 Å². The maximum Gasteiger partial charge on any atom is 0.261 e. The summed E-state index contributed by atoms with van der Waals surface area (Å²) in [6, 6.07) is 10.3. The molecule has 1 aliphatic rings. The summed E-state index contributed by atoms with van der Waals surface area (Å²) >= 11 is 12.4. The Labute approximate surface area is 206 Å². The van der Waals surface area contributed by atoms with Gasteiger partial charge in [0.25, 0.3) is 5.91 Å². The van der Waals surface area contributed by atoms with Gasteiger partial charge in [-0.05, 0) is 74.6 Å². The van der Waals surface area contributed by atoms with Gasteiger partial charge in [0.15, 0.2) is 6.61 Å². The SMILES string of the molecule is Cc1ccc(OCC(=O)N(Cc2ccc(Cl)cc2Cl)C(C)C(=O)NC2CCCCC2)cc1C. The Morgan fingerprint density at radius 1 is 1.06 bits per heavy atom. The smallest absolute Gasteiger partial charge is 0.261 e. The van der Waals surface area contributed by atoms with E-state index in [9.17, 15) is 9.59 Å². The average molecular weight is 491 g/mol. The van der Waals surface area contributed by atoms with Crippen LogP contribution in [0.25, 0.3) is 0 Å². The van der Waals surface area contributed by atoms with E-state index in [0.29, 0.717) is 15.8 Å². The monoisotopic (exact) mass is 490 g/mol. The first-order chi connectivity index (χ1) is 15.7. The Kier molecular flexibility index (Phi) is 9.04. The van der Waals surface area contributed by atoms with E-state index in [0.717, 1.165) is 42.4 Å². The normalized spacial score (nSPS) is 15.1. The lowest BCUT2D eigenvalue weighted by Crippen LogP contribution is -2.51. The van der Waals surface area contributed by atoms with Crippen molar-refractivity contribution >= 4 is 35.0 Å². The van der Waals surface area contributed by atoms with Gasteiger partial charge >= 0.3 is 0 Å². The second-order valence-corrected chi connectivity index (χ2v) is 9.66. The molecule has 33 heavy (non-hydrogen) atoms. The van der Waals surface area contributed by atoms with Crippen molar-refractivity contribution in [1.82, 2.24) is 10.2 Å². The van der Waals surface area contributed by atoms with Crippen LogP contribution in [0.1, 0.15) is 55.7 Å². The van der Waals surface area contributed by atoms with Gasteiger partial charge in [0.05, 0.1) is 0 Å². The van der Waals surface area contributed by atoms with Crippen LogP contribution in [0.5, 0.6) is 5.75 Å². The summed E-state index contributed by atoms with van der Waals surface area (Å²) in [6.45, 7) is 5.78. The molecule has 3 rings (SSSR count). The van der Waals surface area contributed by atoms with Gasteiger partial charge in [-0.25, -0.2) is 0 Å². The minimum absolute atomic E-state index is 0.161. The van der Waals surface area contributed by atoms with Crippen LogP contribution in [0.4, 0.5) is 0 Å². The van der Waals surface area contributed by atoms with Crippen LogP contribution in [0.15, 0.2) is 36.4 Å². The summed E-state index contributed by atoms with van der Waals surface area (Å²) in [4.78, 5) is 27.8. The Bertz CT molecular complexity index is 989. The molecule has 2 aromatic rings. The molecule has 2 amide bonds. The molecule has 1 atom stereocenters. The molecule has 0 saturated heterocycles. The first-order valence-corrected chi connectivity index (χ1v) is 12.2. The number of ether oxygens (including phenoxy) is 1. The fourth-order valence-electron chi connectivity index (χ4n) is 4.02. The predicted molar refractivity (Wildman–Crippen MR) is 133 cm³/mol. The third kappa shape index (κ3) is 7.12. The van der Waals surface area contributed by atoms with Gasteiger partial charge in [0.1, 0.15) is 11.8 Å². The molecule has 1 unspecified atom stereocenters. The zero-order valence-corrected chi connectivity index (χ0v) is 21.0. The third-order valence-corrected chi connectivity index (χ3v) is 6.90. The quantitative estimate of drug-likeness (QED) is 0.504. The summed E-state index contributed by atoms with van der Waals surface area (Å²) in [6.07, 6.45) is 5.40. The molecule has 1 aliphatic carbocycles. The van der Waals surface area contributed by atoms with E-state index in [-0.39, 0.29) is 31.0 Å². The highest BCUT2D eigenvalue weighted by Crippen LogP contribution is 2.24. The number of carbonyl (C=O) groups is 2. The first-order valence-electron chi connectivity index (χ1n) is 11.5. The van der Waals surface area contributed by atoms with Crippen LogP contribution in [-0.4, -0.2) is 35.4 Å². The third-order valence-electron chi connectivity index (χ3n) is 6.32. The first kappa shape index (κ1) is 25.4. The Morgan fingerprint density at radius 2 is 1.79 bits per heavy atom. The van der Waals surface area contributed by atoms with E-state index in [4.69, 9.17) is 27.9 Å². The van der Waals surface area contributed by atoms with Crippen LogP contribution >= 0.6 is 23.2 Å². The molecular formula is C26H32Cl2N2O3. The van der Waals surface area contributed by atoms with E-state index in [1.807, 2.05) is 32.0 Å². The molecule has 1 N–H and O–H groups in total. The van der Waals surface area contributed by atoms with Crippen molar-refractivity contribution in [2.45, 2.75) is 71.5 Å². The summed E-state index contributed by atoms with van der Waals surface area (Å²) < 4.78 is 5.77. The standard InChI is InChI=1S/C26H32Cl2N2O3/c1-17-9-12-23(13-18(17)2)33-16-25(31)30(15-20-10-11-21(27)14-24(20)28)19(3)26(32)29-22-7-5-4-6-8-22/h9-14,19,22H,4-8,15-16H2,1-3H3,(H,29,32). The topological polar surface area (TPSA) is 58.6 Å². The van der Waals surface area contributed by atoms with Crippen molar-refractivity contribution in [3.05, 3.63) is 63.1 Å². The van der Waals surface area contributed by atoms with E-state index in [2.05, 4.69) is 5.32 Å². The Morgan fingerprint density at radius 3 is 2.45 bits per heavy atom. The molecule has 0 aliphatic heterocycles. The highest BCUT2D eigenvalue weighted by Gasteiger charge is 2.29. The predicted octanol–water partition coefficient (Wildman–Crippen LogP) is 5.86. The molecule has 178 valence electrons. The molecule has 0 spiro atoms. The number of aryl methyl sites for hydroxylation is 2. The summed E-state index contributed by atoms with van der Waals surface area (Å²) in [5, 5.41) is 4.09. The molecular weight excluding hydrogens is 459 g/mol. The molecule has 0 heterocycles. The second kappa shape index (κ2) is 11.8. The van der Waals surface area contributed by atoms with Crippen LogP contribution in [0.2, 0.25) is 10.0 Å². The van der Waals surface area contributed by atoms with Crippen molar-refractivity contribution in [1.29, 1.82) is 0 Å². The van der Waals surface area contributed by atoms with Crippen LogP contribution in [0, 0.1) is 13.8 Å².